The Balaban J connectivity index is 1.90. The highest BCUT2D eigenvalue weighted by atomic mass is 16.5. The van der Waals surface area contributed by atoms with E-state index in [1.54, 1.807) is 14.2 Å². The van der Waals surface area contributed by atoms with Crippen molar-refractivity contribution in [3.8, 4) is 11.5 Å². The first-order valence-corrected chi connectivity index (χ1v) is 7.99. The molecule has 0 aliphatic carbocycles. The molecule has 1 atom stereocenters. The van der Waals surface area contributed by atoms with Crippen molar-refractivity contribution in [2.45, 2.75) is 38.8 Å². The summed E-state index contributed by atoms with van der Waals surface area (Å²) in [6.45, 7) is 4.73. The zero-order chi connectivity index (χ0) is 15.9. The SMILES string of the molecule is COc1ccc(CNC(=O)[C@H](C)[NH+]2CCCCC2)cc1OC. The van der Waals surface area contributed by atoms with Crippen LogP contribution in [0.2, 0.25) is 0 Å². The molecular formula is C17H27N2O3+. The molecule has 0 radical (unpaired) electrons. The van der Waals surface area contributed by atoms with Gasteiger partial charge in [-0.05, 0) is 43.9 Å². The number of hydrogen-bond donors (Lipinski definition) is 2. The third-order valence-electron chi connectivity index (χ3n) is 4.42. The number of ether oxygens (including phenoxy) is 2. The Morgan fingerprint density at radius 2 is 1.86 bits per heavy atom. The van der Waals surface area contributed by atoms with Crippen LogP contribution < -0.4 is 19.7 Å². The summed E-state index contributed by atoms with van der Waals surface area (Å²) in [6, 6.07) is 5.72. The lowest BCUT2D eigenvalue weighted by molar-refractivity contribution is -0.918. The van der Waals surface area contributed by atoms with Gasteiger partial charge >= 0.3 is 0 Å². The highest BCUT2D eigenvalue weighted by Gasteiger charge is 2.26. The Morgan fingerprint density at radius 3 is 2.50 bits per heavy atom. The highest BCUT2D eigenvalue weighted by molar-refractivity contribution is 5.79. The molecule has 5 heteroatoms. The van der Waals surface area contributed by atoms with Crippen molar-refractivity contribution in [1.29, 1.82) is 0 Å². The largest absolute Gasteiger partial charge is 0.493 e. The predicted octanol–water partition coefficient (Wildman–Crippen LogP) is 0.777. The van der Waals surface area contributed by atoms with Crippen LogP contribution in [0, 0.1) is 0 Å². The fourth-order valence-electron chi connectivity index (χ4n) is 2.96. The Hall–Kier alpha value is -1.75. The van der Waals surface area contributed by atoms with Gasteiger partial charge in [-0.2, -0.15) is 0 Å². The molecular weight excluding hydrogens is 280 g/mol. The van der Waals surface area contributed by atoms with E-state index in [9.17, 15) is 4.79 Å². The van der Waals surface area contributed by atoms with Gasteiger partial charge in [0.2, 0.25) is 0 Å². The van der Waals surface area contributed by atoms with Crippen molar-refractivity contribution in [2.24, 2.45) is 0 Å². The van der Waals surface area contributed by atoms with E-state index >= 15 is 0 Å². The van der Waals surface area contributed by atoms with Crippen LogP contribution in [0.1, 0.15) is 31.7 Å². The number of nitrogens with one attached hydrogen (secondary N) is 2. The zero-order valence-electron chi connectivity index (χ0n) is 13.8. The van der Waals surface area contributed by atoms with Crippen molar-refractivity contribution in [2.75, 3.05) is 27.3 Å². The molecule has 1 aliphatic heterocycles. The first-order valence-electron chi connectivity index (χ1n) is 7.99. The zero-order valence-corrected chi connectivity index (χ0v) is 13.8. The normalized spacial score (nSPS) is 16.9. The summed E-state index contributed by atoms with van der Waals surface area (Å²) in [5, 5.41) is 3.03. The molecule has 1 fully saturated rings. The third-order valence-corrected chi connectivity index (χ3v) is 4.42. The van der Waals surface area contributed by atoms with Gasteiger partial charge in [-0.15, -0.1) is 0 Å². The Bertz CT molecular complexity index is 499. The van der Waals surface area contributed by atoms with Crippen LogP contribution in [-0.2, 0) is 11.3 Å². The molecule has 0 saturated carbocycles. The quantitative estimate of drug-likeness (QED) is 0.816. The number of carbonyl (C=O) groups is 1. The summed E-state index contributed by atoms with van der Waals surface area (Å²) in [7, 11) is 3.23. The summed E-state index contributed by atoms with van der Waals surface area (Å²) in [5.41, 5.74) is 1.01. The molecule has 0 aromatic heterocycles. The maximum atomic E-state index is 12.3. The third kappa shape index (κ3) is 4.13. The minimum atomic E-state index is 0.0143. The van der Waals surface area contributed by atoms with Gasteiger partial charge in [0.15, 0.2) is 17.5 Å². The number of amides is 1. The van der Waals surface area contributed by atoms with Crippen molar-refractivity contribution in [3.63, 3.8) is 0 Å². The van der Waals surface area contributed by atoms with E-state index < -0.39 is 0 Å². The average Bonchev–Trinajstić information content (AvgIpc) is 2.59. The van der Waals surface area contributed by atoms with E-state index in [2.05, 4.69) is 5.32 Å². The van der Waals surface area contributed by atoms with E-state index in [0.29, 0.717) is 18.0 Å². The van der Waals surface area contributed by atoms with Gasteiger partial charge < -0.3 is 19.7 Å². The number of likely N-dealkylation sites (tertiary alicyclic amines) is 1. The number of quaternary nitrogens is 1. The van der Waals surface area contributed by atoms with Crippen LogP contribution in [0.3, 0.4) is 0 Å². The van der Waals surface area contributed by atoms with E-state index in [0.717, 1.165) is 18.7 Å². The number of piperidine rings is 1. The molecule has 22 heavy (non-hydrogen) atoms. The van der Waals surface area contributed by atoms with Crippen molar-refractivity contribution in [3.05, 3.63) is 23.8 Å². The molecule has 1 saturated heterocycles. The molecule has 1 heterocycles. The van der Waals surface area contributed by atoms with Crippen LogP contribution in [0.25, 0.3) is 0 Å². The van der Waals surface area contributed by atoms with Crippen LogP contribution in [0.4, 0.5) is 0 Å². The lowest BCUT2D eigenvalue weighted by Crippen LogP contribution is -3.17. The summed E-state index contributed by atoms with van der Waals surface area (Å²) in [5.74, 6) is 1.50. The Kier molecular flexibility index (Phi) is 6.07. The van der Waals surface area contributed by atoms with Crippen molar-refractivity contribution in [1.82, 2.24) is 5.32 Å². The lowest BCUT2D eigenvalue weighted by atomic mass is 10.1. The number of carbonyl (C=O) groups excluding carboxylic acids is 1. The maximum Gasteiger partial charge on any atom is 0.278 e. The Labute approximate surface area is 132 Å². The Morgan fingerprint density at radius 1 is 1.18 bits per heavy atom. The monoisotopic (exact) mass is 307 g/mol. The van der Waals surface area contributed by atoms with Gasteiger partial charge in [0.05, 0.1) is 27.3 Å². The maximum absolute atomic E-state index is 12.3. The second-order valence-corrected chi connectivity index (χ2v) is 5.85. The smallest absolute Gasteiger partial charge is 0.278 e. The van der Waals surface area contributed by atoms with Crippen molar-refractivity contribution >= 4 is 5.91 Å². The average molecular weight is 307 g/mol. The van der Waals surface area contributed by atoms with E-state index in [1.165, 1.54) is 24.2 Å². The van der Waals surface area contributed by atoms with E-state index in [4.69, 9.17) is 9.47 Å². The first-order chi connectivity index (χ1) is 10.7. The van der Waals surface area contributed by atoms with Gasteiger partial charge in [-0.3, -0.25) is 4.79 Å². The summed E-state index contributed by atoms with van der Waals surface area (Å²) >= 11 is 0. The second-order valence-electron chi connectivity index (χ2n) is 5.85. The summed E-state index contributed by atoms with van der Waals surface area (Å²) in [4.78, 5) is 13.7. The molecule has 1 aromatic carbocycles. The molecule has 2 rings (SSSR count). The fourth-order valence-corrected chi connectivity index (χ4v) is 2.96. The molecule has 0 unspecified atom stereocenters. The van der Waals surface area contributed by atoms with Crippen LogP contribution in [0.15, 0.2) is 18.2 Å². The molecule has 2 N–H and O–H groups in total. The van der Waals surface area contributed by atoms with Gasteiger partial charge in [0.25, 0.3) is 5.91 Å². The number of hydrogen-bond acceptors (Lipinski definition) is 3. The van der Waals surface area contributed by atoms with E-state index in [1.807, 2.05) is 25.1 Å². The molecule has 0 spiro atoms. The van der Waals surface area contributed by atoms with Crippen LogP contribution in [-0.4, -0.2) is 39.3 Å². The van der Waals surface area contributed by atoms with Gasteiger partial charge in [0, 0.05) is 6.54 Å². The molecule has 5 nitrogen and oxygen atoms in total. The number of rotatable bonds is 6. The lowest BCUT2D eigenvalue weighted by Gasteiger charge is -2.28. The molecule has 122 valence electrons. The molecule has 1 aliphatic rings. The second kappa shape index (κ2) is 8.03. The minimum absolute atomic E-state index is 0.0143. The van der Waals surface area contributed by atoms with Crippen molar-refractivity contribution < 1.29 is 19.2 Å². The number of benzene rings is 1. The van der Waals surface area contributed by atoms with Gasteiger partial charge in [0.1, 0.15) is 0 Å². The highest BCUT2D eigenvalue weighted by Crippen LogP contribution is 2.27. The van der Waals surface area contributed by atoms with Gasteiger partial charge in [-0.25, -0.2) is 0 Å². The van der Waals surface area contributed by atoms with Gasteiger partial charge in [-0.1, -0.05) is 6.07 Å². The summed E-state index contributed by atoms with van der Waals surface area (Å²) in [6.07, 6.45) is 3.74. The standard InChI is InChI=1S/C17H26N2O3/c1-13(19-9-5-4-6-10-19)17(20)18-12-14-7-8-15(21-2)16(11-14)22-3/h7-8,11,13H,4-6,9-10,12H2,1-3H3,(H,18,20)/p+1/t13-/m0/s1. The summed E-state index contributed by atoms with van der Waals surface area (Å²) < 4.78 is 10.5. The number of methoxy groups -OCH3 is 2. The first kappa shape index (κ1) is 16.6. The van der Waals surface area contributed by atoms with Crippen LogP contribution in [0.5, 0.6) is 11.5 Å². The topological polar surface area (TPSA) is 52.0 Å². The molecule has 1 aromatic rings. The van der Waals surface area contributed by atoms with Crippen LogP contribution >= 0.6 is 0 Å². The van der Waals surface area contributed by atoms with E-state index in [-0.39, 0.29) is 11.9 Å². The molecule has 1 amide bonds. The fraction of sp³-hybridized carbons (Fsp3) is 0.588. The molecule has 0 bridgehead atoms. The minimum Gasteiger partial charge on any atom is -0.493 e. The predicted molar refractivity (Wildman–Crippen MR) is 85.4 cm³/mol.